The summed E-state index contributed by atoms with van der Waals surface area (Å²) < 4.78 is 4.63. The van der Waals surface area contributed by atoms with Gasteiger partial charge in [0.2, 0.25) is 0 Å². The Morgan fingerprint density at radius 1 is 1.37 bits per heavy atom. The fraction of sp³-hybridized carbons (Fsp3) is 0.643. The van der Waals surface area contributed by atoms with Crippen molar-refractivity contribution in [3.05, 3.63) is 18.1 Å². The number of ether oxygens (including phenoxy) is 1. The number of methoxy groups -OCH3 is 1. The summed E-state index contributed by atoms with van der Waals surface area (Å²) in [6.45, 7) is 3.23. The molecule has 1 aromatic rings. The van der Waals surface area contributed by atoms with Crippen LogP contribution in [0.5, 0.6) is 0 Å². The number of hydrogen-bond donors (Lipinski definition) is 0. The van der Waals surface area contributed by atoms with Gasteiger partial charge in [-0.1, -0.05) is 19.8 Å². The monoisotopic (exact) mass is 263 g/mol. The molecule has 5 nitrogen and oxygen atoms in total. The molecule has 1 aliphatic rings. The summed E-state index contributed by atoms with van der Waals surface area (Å²) in [7, 11) is 1.35. The van der Waals surface area contributed by atoms with Crippen LogP contribution in [0.4, 0.5) is 5.82 Å². The first kappa shape index (κ1) is 13.8. The van der Waals surface area contributed by atoms with E-state index in [1.165, 1.54) is 39.0 Å². The zero-order valence-electron chi connectivity index (χ0n) is 11.6. The SMILES string of the molecule is CCC1CCCCCN1c1cnc(C(=O)OC)cn1. The lowest BCUT2D eigenvalue weighted by atomic mass is 10.1. The van der Waals surface area contributed by atoms with Gasteiger partial charge in [0, 0.05) is 12.6 Å². The van der Waals surface area contributed by atoms with Crippen molar-refractivity contribution < 1.29 is 9.53 Å². The van der Waals surface area contributed by atoms with Crippen molar-refractivity contribution in [3.63, 3.8) is 0 Å². The van der Waals surface area contributed by atoms with Gasteiger partial charge in [0.1, 0.15) is 5.82 Å². The number of carbonyl (C=O) groups excluding carboxylic acids is 1. The molecule has 1 fully saturated rings. The quantitative estimate of drug-likeness (QED) is 0.784. The zero-order valence-corrected chi connectivity index (χ0v) is 11.6. The van der Waals surface area contributed by atoms with Gasteiger partial charge in [-0.2, -0.15) is 0 Å². The summed E-state index contributed by atoms with van der Waals surface area (Å²) in [4.78, 5) is 22.2. The van der Waals surface area contributed by atoms with Crippen LogP contribution < -0.4 is 4.90 Å². The van der Waals surface area contributed by atoms with Gasteiger partial charge in [-0.05, 0) is 19.3 Å². The Morgan fingerprint density at radius 3 is 2.84 bits per heavy atom. The maximum atomic E-state index is 11.3. The van der Waals surface area contributed by atoms with E-state index in [-0.39, 0.29) is 5.69 Å². The lowest BCUT2D eigenvalue weighted by molar-refractivity contribution is 0.0593. The highest BCUT2D eigenvalue weighted by Crippen LogP contribution is 2.23. The van der Waals surface area contributed by atoms with Crippen molar-refractivity contribution in [1.29, 1.82) is 0 Å². The van der Waals surface area contributed by atoms with Gasteiger partial charge >= 0.3 is 5.97 Å². The Hall–Kier alpha value is -1.65. The highest BCUT2D eigenvalue weighted by atomic mass is 16.5. The maximum absolute atomic E-state index is 11.3. The van der Waals surface area contributed by atoms with Gasteiger partial charge in [-0.15, -0.1) is 0 Å². The predicted octanol–water partition coefficient (Wildman–Crippen LogP) is 2.42. The fourth-order valence-corrected chi connectivity index (χ4v) is 2.58. The molecule has 0 bridgehead atoms. The van der Waals surface area contributed by atoms with Gasteiger partial charge < -0.3 is 9.64 Å². The minimum Gasteiger partial charge on any atom is -0.464 e. The number of anilines is 1. The lowest BCUT2D eigenvalue weighted by Gasteiger charge is -2.30. The van der Waals surface area contributed by atoms with Crippen LogP contribution in [0.25, 0.3) is 0 Å². The largest absolute Gasteiger partial charge is 0.464 e. The molecule has 1 atom stereocenters. The van der Waals surface area contributed by atoms with Gasteiger partial charge in [0.25, 0.3) is 0 Å². The second-order valence-corrected chi connectivity index (χ2v) is 4.86. The van der Waals surface area contributed by atoms with E-state index >= 15 is 0 Å². The van der Waals surface area contributed by atoms with Crippen molar-refractivity contribution in [3.8, 4) is 0 Å². The molecule has 0 radical (unpaired) electrons. The van der Waals surface area contributed by atoms with Crippen LogP contribution in [0.2, 0.25) is 0 Å². The van der Waals surface area contributed by atoms with Crippen LogP contribution in [0.15, 0.2) is 12.4 Å². The minimum atomic E-state index is -0.443. The molecule has 0 aliphatic carbocycles. The average molecular weight is 263 g/mol. The predicted molar refractivity (Wildman–Crippen MR) is 73.3 cm³/mol. The van der Waals surface area contributed by atoms with Crippen molar-refractivity contribution in [1.82, 2.24) is 9.97 Å². The summed E-state index contributed by atoms with van der Waals surface area (Å²) in [5, 5.41) is 0. The Labute approximate surface area is 114 Å². The summed E-state index contributed by atoms with van der Waals surface area (Å²) in [6.07, 6.45) is 9.25. The van der Waals surface area contributed by atoms with Crippen LogP contribution in [-0.2, 0) is 4.74 Å². The summed E-state index contributed by atoms with van der Waals surface area (Å²) in [6, 6.07) is 0.528. The third kappa shape index (κ3) is 3.22. The average Bonchev–Trinajstić information content (AvgIpc) is 2.71. The highest BCUT2D eigenvalue weighted by Gasteiger charge is 2.21. The Morgan fingerprint density at radius 2 is 2.21 bits per heavy atom. The molecule has 0 amide bonds. The molecule has 1 aliphatic heterocycles. The molecule has 1 unspecified atom stereocenters. The molecule has 0 N–H and O–H groups in total. The molecule has 5 heteroatoms. The maximum Gasteiger partial charge on any atom is 0.358 e. The summed E-state index contributed by atoms with van der Waals surface area (Å²) in [5.74, 6) is 0.420. The van der Waals surface area contributed by atoms with Crippen LogP contribution in [0.1, 0.15) is 49.5 Å². The van der Waals surface area contributed by atoms with E-state index in [9.17, 15) is 4.79 Å². The first-order chi connectivity index (χ1) is 9.26. The van der Waals surface area contributed by atoms with Crippen molar-refractivity contribution in [2.24, 2.45) is 0 Å². The van der Waals surface area contributed by atoms with Crippen molar-refractivity contribution in [2.75, 3.05) is 18.6 Å². The molecule has 1 aromatic heterocycles. The molecule has 1 saturated heterocycles. The molecule has 0 spiro atoms. The minimum absolute atomic E-state index is 0.258. The van der Waals surface area contributed by atoms with E-state index in [4.69, 9.17) is 0 Å². The molecular weight excluding hydrogens is 242 g/mol. The summed E-state index contributed by atoms with van der Waals surface area (Å²) >= 11 is 0. The second kappa shape index (κ2) is 6.50. The van der Waals surface area contributed by atoms with Crippen LogP contribution in [0, 0.1) is 0 Å². The fourth-order valence-electron chi connectivity index (χ4n) is 2.58. The number of carbonyl (C=O) groups is 1. The van der Waals surface area contributed by atoms with Crippen molar-refractivity contribution >= 4 is 11.8 Å². The van der Waals surface area contributed by atoms with Gasteiger partial charge in [0.15, 0.2) is 5.69 Å². The Bertz CT molecular complexity index is 419. The van der Waals surface area contributed by atoms with Gasteiger partial charge in [-0.3, -0.25) is 0 Å². The Balaban J connectivity index is 2.17. The van der Waals surface area contributed by atoms with E-state index in [1.807, 2.05) is 0 Å². The van der Waals surface area contributed by atoms with Crippen LogP contribution in [0.3, 0.4) is 0 Å². The molecule has 19 heavy (non-hydrogen) atoms. The zero-order chi connectivity index (χ0) is 13.7. The first-order valence-corrected chi connectivity index (χ1v) is 6.93. The smallest absolute Gasteiger partial charge is 0.358 e. The molecule has 0 saturated carbocycles. The first-order valence-electron chi connectivity index (χ1n) is 6.93. The molecule has 0 aromatic carbocycles. The Kier molecular flexibility index (Phi) is 4.71. The van der Waals surface area contributed by atoms with Gasteiger partial charge in [0.05, 0.1) is 19.5 Å². The number of esters is 1. The molecule has 2 rings (SSSR count). The molecule has 2 heterocycles. The highest BCUT2D eigenvalue weighted by molar-refractivity contribution is 5.86. The lowest BCUT2D eigenvalue weighted by Crippen LogP contribution is -2.35. The van der Waals surface area contributed by atoms with E-state index < -0.39 is 5.97 Å². The number of rotatable bonds is 3. The number of nitrogens with zero attached hydrogens (tertiary/aromatic N) is 3. The van der Waals surface area contributed by atoms with Gasteiger partial charge in [-0.25, -0.2) is 14.8 Å². The van der Waals surface area contributed by atoms with Crippen molar-refractivity contribution in [2.45, 2.75) is 45.1 Å². The topological polar surface area (TPSA) is 55.3 Å². The molecular formula is C14H21N3O2. The number of hydrogen-bond acceptors (Lipinski definition) is 5. The normalized spacial score (nSPS) is 19.9. The molecule has 104 valence electrons. The van der Waals surface area contributed by atoms with E-state index in [1.54, 1.807) is 6.20 Å². The number of aromatic nitrogens is 2. The third-order valence-corrected chi connectivity index (χ3v) is 3.68. The van der Waals surface area contributed by atoms with E-state index in [2.05, 4.69) is 26.5 Å². The van der Waals surface area contributed by atoms with E-state index in [0.29, 0.717) is 6.04 Å². The van der Waals surface area contributed by atoms with Crippen LogP contribution >= 0.6 is 0 Å². The van der Waals surface area contributed by atoms with E-state index in [0.717, 1.165) is 18.8 Å². The third-order valence-electron chi connectivity index (χ3n) is 3.68. The summed E-state index contributed by atoms with van der Waals surface area (Å²) in [5.41, 5.74) is 0.258. The standard InChI is InChI=1S/C14H21N3O2/c1-3-11-7-5-4-6-8-17(11)13-10-15-12(9-16-13)14(18)19-2/h9-11H,3-8H2,1-2H3. The second-order valence-electron chi connectivity index (χ2n) is 4.86. The van der Waals surface area contributed by atoms with Crippen LogP contribution in [-0.4, -0.2) is 35.6 Å².